The highest BCUT2D eigenvalue weighted by molar-refractivity contribution is 5.90. The average molecular weight is 312 g/mol. The lowest BCUT2D eigenvalue weighted by molar-refractivity contribution is -0.144. The van der Waals surface area contributed by atoms with Gasteiger partial charge in [-0.3, -0.25) is 9.59 Å². The van der Waals surface area contributed by atoms with Gasteiger partial charge in [0, 0.05) is 6.92 Å². The molecule has 1 rings (SSSR count). The molecule has 0 saturated heterocycles. The first kappa shape index (κ1) is 18.5. The monoisotopic (exact) mass is 312 g/mol. The van der Waals surface area contributed by atoms with Crippen molar-refractivity contribution in [2.24, 2.45) is 11.8 Å². The van der Waals surface area contributed by atoms with Crippen LogP contribution in [0.5, 0.6) is 0 Å². The predicted octanol–water partition coefficient (Wildman–Crippen LogP) is 1.69. The summed E-state index contributed by atoms with van der Waals surface area (Å²) in [5.41, 5.74) is 0. The summed E-state index contributed by atoms with van der Waals surface area (Å²) in [7, 11) is 0. The quantitative estimate of drug-likeness (QED) is 0.666. The van der Waals surface area contributed by atoms with Gasteiger partial charge in [0.05, 0.1) is 0 Å². The summed E-state index contributed by atoms with van der Waals surface area (Å²) < 4.78 is 0. The van der Waals surface area contributed by atoms with E-state index in [9.17, 15) is 19.5 Å². The Labute approximate surface area is 132 Å². The first-order valence-electron chi connectivity index (χ1n) is 8.11. The van der Waals surface area contributed by atoms with Crippen LogP contribution in [0.25, 0.3) is 0 Å². The molecule has 22 heavy (non-hydrogen) atoms. The Balaban J connectivity index is 2.73. The Hall–Kier alpha value is -1.59. The van der Waals surface area contributed by atoms with Gasteiger partial charge in [0.2, 0.25) is 11.8 Å². The first-order valence-corrected chi connectivity index (χ1v) is 8.11. The summed E-state index contributed by atoms with van der Waals surface area (Å²) in [5.74, 6) is -1.48. The fourth-order valence-corrected chi connectivity index (χ4v) is 3.05. The topological polar surface area (TPSA) is 95.5 Å². The molecule has 2 atom stereocenters. The fourth-order valence-electron chi connectivity index (χ4n) is 3.05. The molecule has 1 saturated carbocycles. The van der Waals surface area contributed by atoms with Crippen molar-refractivity contribution in [2.75, 3.05) is 0 Å². The number of carboxylic acid groups (broad SMARTS) is 1. The summed E-state index contributed by atoms with van der Waals surface area (Å²) in [6.45, 7) is 5.27. The third-order valence-corrected chi connectivity index (χ3v) is 4.09. The molecule has 6 heteroatoms. The maximum atomic E-state index is 12.4. The lowest BCUT2D eigenvalue weighted by Crippen LogP contribution is -2.54. The lowest BCUT2D eigenvalue weighted by Gasteiger charge is -2.29. The van der Waals surface area contributed by atoms with Crippen LogP contribution in [-0.2, 0) is 14.4 Å². The molecular weight excluding hydrogens is 284 g/mol. The van der Waals surface area contributed by atoms with E-state index in [1.165, 1.54) is 6.92 Å². The highest BCUT2D eigenvalue weighted by Crippen LogP contribution is 2.26. The second kappa shape index (κ2) is 8.76. The van der Waals surface area contributed by atoms with E-state index in [4.69, 9.17) is 0 Å². The van der Waals surface area contributed by atoms with Crippen molar-refractivity contribution >= 4 is 17.8 Å². The van der Waals surface area contributed by atoms with E-state index >= 15 is 0 Å². The number of carboxylic acids is 1. The van der Waals surface area contributed by atoms with Crippen LogP contribution in [-0.4, -0.2) is 35.0 Å². The minimum Gasteiger partial charge on any atom is -0.480 e. The molecule has 3 N–H and O–H groups in total. The van der Waals surface area contributed by atoms with Crippen LogP contribution >= 0.6 is 0 Å². The molecular formula is C16H28N2O4. The molecule has 0 heterocycles. The summed E-state index contributed by atoms with van der Waals surface area (Å²) in [4.78, 5) is 35.1. The van der Waals surface area contributed by atoms with E-state index in [-0.39, 0.29) is 17.7 Å². The molecule has 0 aromatic rings. The van der Waals surface area contributed by atoms with E-state index in [1.54, 1.807) is 0 Å². The smallest absolute Gasteiger partial charge is 0.326 e. The molecule has 0 unspecified atom stereocenters. The zero-order valence-corrected chi connectivity index (χ0v) is 13.7. The standard InChI is InChI=1S/C16H28N2O4/c1-10(2)9-13(17-11(3)19)15(20)18-14(16(21)22)12-7-5-4-6-8-12/h10,12-14H,4-9H2,1-3H3,(H,17,19)(H,18,20)(H,21,22)/t13-,14+/m0/s1. The third-order valence-electron chi connectivity index (χ3n) is 4.09. The van der Waals surface area contributed by atoms with Gasteiger partial charge in [-0.15, -0.1) is 0 Å². The van der Waals surface area contributed by atoms with Crippen molar-refractivity contribution in [1.29, 1.82) is 0 Å². The average Bonchev–Trinajstić information content (AvgIpc) is 2.43. The first-order chi connectivity index (χ1) is 10.3. The molecule has 1 aliphatic rings. The van der Waals surface area contributed by atoms with Gasteiger partial charge in [-0.05, 0) is 31.1 Å². The second-order valence-electron chi connectivity index (χ2n) is 6.61. The molecule has 1 fully saturated rings. The number of rotatable bonds is 7. The normalized spacial score (nSPS) is 18.5. The van der Waals surface area contributed by atoms with Gasteiger partial charge in [-0.1, -0.05) is 33.1 Å². The van der Waals surface area contributed by atoms with Crippen LogP contribution in [0.15, 0.2) is 0 Å². The number of amides is 2. The van der Waals surface area contributed by atoms with Crippen molar-refractivity contribution in [3.8, 4) is 0 Å². The molecule has 0 aliphatic heterocycles. The van der Waals surface area contributed by atoms with E-state index in [0.29, 0.717) is 6.42 Å². The molecule has 126 valence electrons. The van der Waals surface area contributed by atoms with Crippen molar-refractivity contribution in [3.05, 3.63) is 0 Å². The van der Waals surface area contributed by atoms with Gasteiger partial charge < -0.3 is 15.7 Å². The van der Waals surface area contributed by atoms with E-state index in [1.807, 2.05) is 13.8 Å². The Kier molecular flexibility index (Phi) is 7.35. The summed E-state index contributed by atoms with van der Waals surface area (Å²) in [5, 5.41) is 14.7. The van der Waals surface area contributed by atoms with E-state index in [0.717, 1.165) is 32.1 Å². The van der Waals surface area contributed by atoms with Gasteiger partial charge >= 0.3 is 5.97 Å². The molecule has 6 nitrogen and oxygen atoms in total. The number of hydrogen-bond donors (Lipinski definition) is 3. The Bertz CT molecular complexity index is 403. The van der Waals surface area contributed by atoms with Gasteiger partial charge in [0.15, 0.2) is 0 Å². The van der Waals surface area contributed by atoms with Crippen LogP contribution in [0.4, 0.5) is 0 Å². The number of carbonyl (C=O) groups is 3. The number of aliphatic carboxylic acids is 1. The summed E-state index contributed by atoms with van der Waals surface area (Å²) in [6.07, 6.45) is 5.27. The zero-order chi connectivity index (χ0) is 16.7. The van der Waals surface area contributed by atoms with Crippen LogP contribution in [0.1, 0.15) is 59.3 Å². The van der Waals surface area contributed by atoms with Gasteiger partial charge in [-0.2, -0.15) is 0 Å². The molecule has 2 amide bonds. The lowest BCUT2D eigenvalue weighted by atomic mass is 9.83. The molecule has 0 spiro atoms. The molecule has 0 bridgehead atoms. The van der Waals surface area contributed by atoms with E-state index < -0.39 is 24.0 Å². The number of carbonyl (C=O) groups excluding carboxylic acids is 2. The SMILES string of the molecule is CC(=O)N[C@@H](CC(C)C)C(=O)N[C@@H](C(=O)O)C1CCCCC1. The predicted molar refractivity (Wildman–Crippen MR) is 83.2 cm³/mol. The summed E-state index contributed by atoms with van der Waals surface area (Å²) in [6, 6.07) is -1.54. The van der Waals surface area contributed by atoms with Crippen molar-refractivity contribution in [1.82, 2.24) is 10.6 Å². The highest BCUT2D eigenvalue weighted by atomic mass is 16.4. The molecule has 1 aliphatic carbocycles. The maximum absolute atomic E-state index is 12.4. The Morgan fingerprint density at radius 1 is 1.09 bits per heavy atom. The largest absolute Gasteiger partial charge is 0.480 e. The number of hydrogen-bond acceptors (Lipinski definition) is 3. The minimum atomic E-state index is -0.994. The van der Waals surface area contributed by atoms with Crippen molar-refractivity contribution in [2.45, 2.75) is 71.4 Å². The fraction of sp³-hybridized carbons (Fsp3) is 0.812. The molecule has 0 aromatic carbocycles. The van der Waals surface area contributed by atoms with Crippen LogP contribution in [0.2, 0.25) is 0 Å². The van der Waals surface area contributed by atoms with Crippen LogP contribution in [0.3, 0.4) is 0 Å². The van der Waals surface area contributed by atoms with Crippen molar-refractivity contribution < 1.29 is 19.5 Å². The maximum Gasteiger partial charge on any atom is 0.326 e. The van der Waals surface area contributed by atoms with Gasteiger partial charge in [0.25, 0.3) is 0 Å². The second-order valence-corrected chi connectivity index (χ2v) is 6.61. The zero-order valence-electron chi connectivity index (χ0n) is 13.7. The van der Waals surface area contributed by atoms with Gasteiger partial charge in [0.1, 0.15) is 12.1 Å². The number of nitrogens with one attached hydrogen (secondary N) is 2. The van der Waals surface area contributed by atoms with Gasteiger partial charge in [-0.25, -0.2) is 4.79 Å². The highest BCUT2D eigenvalue weighted by Gasteiger charge is 2.33. The van der Waals surface area contributed by atoms with Crippen LogP contribution < -0.4 is 10.6 Å². The van der Waals surface area contributed by atoms with Crippen LogP contribution in [0, 0.1) is 11.8 Å². The van der Waals surface area contributed by atoms with Crippen molar-refractivity contribution in [3.63, 3.8) is 0 Å². The summed E-state index contributed by atoms with van der Waals surface area (Å²) >= 11 is 0. The minimum absolute atomic E-state index is 0.0211. The Morgan fingerprint density at radius 2 is 1.68 bits per heavy atom. The molecule has 0 radical (unpaired) electrons. The van der Waals surface area contributed by atoms with E-state index in [2.05, 4.69) is 10.6 Å². The Morgan fingerprint density at radius 3 is 2.14 bits per heavy atom. The third kappa shape index (κ3) is 6.03. The molecule has 0 aromatic heterocycles.